The van der Waals surface area contributed by atoms with E-state index in [0.29, 0.717) is 11.1 Å². The first-order valence-electron chi connectivity index (χ1n) is 14.8. The van der Waals surface area contributed by atoms with Gasteiger partial charge in [-0.3, -0.25) is 9.59 Å². The Labute approximate surface area is 260 Å². The van der Waals surface area contributed by atoms with Crippen LogP contribution >= 0.6 is 0 Å². The molecule has 0 unspecified atom stereocenters. The maximum Gasteiger partial charge on any atom is 0.408 e. The van der Waals surface area contributed by atoms with E-state index in [9.17, 15) is 24.3 Å². The number of hydrogen-bond acceptors (Lipinski definition) is 8. The second kappa shape index (κ2) is 15.1. The van der Waals surface area contributed by atoms with Gasteiger partial charge in [-0.15, -0.1) is 0 Å². The average molecular weight is 613 g/mol. The molecule has 10 heteroatoms. The van der Waals surface area contributed by atoms with Crippen LogP contribution in [0.15, 0.2) is 48.5 Å². The topological polar surface area (TPSA) is 140 Å². The summed E-state index contributed by atoms with van der Waals surface area (Å²) in [7, 11) is 0. The van der Waals surface area contributed by atoms with Crippen molar-refractivity contribution in [1.82, 2.24) is 10.6 Å². The van der Waals surface area contributed by atoms with Gasteiger partial charge in [-0.2, -0.15) is 0 Å². The van der Waals surface area contributed by atoms with Crippen molar-refractivity contribution in [1.29, 1.82) is 0 Å². The Morgan fingerprint density at radius 3 is 1.95 bits per heavy atom. The second-order valence-corrected chi connectivity index (χ2v) is 13.8. The molecule has 0 saturated heterocycles. The molecule has 2 aromatic rings. The summed E-state index contributed by atoms with van der Waals surface area (Å²) in [6.07, 6.45) is -1.07. The molecule has 0 aliphatic rings. The number of aromatic hydroxyl groups is 1. The molecule has 0 aromatic heterocycles. The molecule has 0 radical (unpaired) electrons. The highest BCUT2D eigenvalue weighted by molar-refractivity contribution is 5.90. The molecule has 0 heterocycles. The minimum atomic E-state index is -1.22. The van der Waals surface area contributed by atoms with Crippen LogP contribution in [0.2, 0.25) is 0 Å². The van der Waals surface area contributed by atoms with Gasteiger partial charge in [0.1, 0.15) is 35.6 Å². The van der Waals surface area contributed by atoms with Gasteiger partial charge in [-0.1, -0.05) is 63.2 Å². The number of esters is 2. The number of phenols is 1. The maximum atomic E-state index is 13.6. The summed E-state index contributed by atoms with van der Waals surface area (Å²) in [6.45, 7) is 16.2. The number of carbonyl (C=O) groups is 4. The number of ether oxygens (including phenoxy) is 3. The number of hydrogen-bond donors (Lipinski definition) is 3. The van der Waals surface area contributed by atoms with Crippen LogP contribution in [0, 0.1) is 0 Å². The lowest BCUT2D eigenvalue weighted by atomic mass is 9.85. The number of alkyl carbamates (subject to hydrolysis) is 1. The first kappa shape index (κ1) is 36.1. The Hall–Kier alpha value is -4.08. The van der Waals surface area contributed by atoms with E-state index in [1.807, 2.05) is 39.0 Å². The van der Waals surface area contributed by atoms with Crippen molar-refractivity contribution in [3.8, 4) is 5.75 Å². The van der Waals surface area contributed by atoms with Crippen LogP contribution in [0.3, 0.4) is 0 Å². The van der Waals surface area contributed by atoms with Crippen molar-refractivity contribution >= 4 is 23.9 Å². The third kappa shape index (κ3) is 13.1. The number of phenolic OH excluding ortho intramolecular Hbond substituents is 1. The molecule has 2 amide bonds. The fraction of sp³-hybridized carbons (Fsp3) is 0.529. The van der Waals surface area contributed by atoms with E-state index in [2.05, 4.69) is 10.6 Å². The second-order valence-electron chi connectivity index (χ2n) is 13.8. The fourth-order valence-electron chi connectivity index (χ4n) is 4.22. The zero-order valence-electron chi connectivity index (χ0n) is 27.4. The standard InChI is InChI=1S/C34H48N2O8/c1-32(2,3)24-19-23(15-17-27(24)37)20-26(30(40)44-34(7,8)9)35-29(39)25(16-18-28(38)43-33(4,5)6)36-31(41)42-21-22-13-11-10-12-14-22/h10-15,17,19,25-26,37H,16,18,20-21H2,1-9H3,(H,35,39)(H,36,41)/t25-,26-/m0/s1. The molecule has 44 heavy (non-hydrogen) atoms. The van der Waals surface area contributed by atoms with Crippen molar-refractivity contribution in [3.05, 3.63) is 65.2 Å². The van der Waals surface area contributed by atoms with Crippen LogP contribution in [-0.4, -0.2) is 52.3 Å². The van der Waals surface area contributed by atoms with Crippen molar-refractivity contribution in [2.45, 2.75) is 117 Å². The first-order chi connectivity index (χ1) is 20.2. The summed E-state index contributed by atoms with van der Waals surface area (Å²) in [5, 5.41) is 15.7. The lowest BCUT2D eigenvalue weighted by Crippen LogP contribution is -2.53. The molecule has 0 spiro atoms. The Morgan fingerprint density at radius 2 is 1.39 bits per heavy atom. The van der Waals surface area contributed by atoms with Gasteiger partial charge < -0.3 is 30.0 Å². The average Bonchev–Trinajstić information content (AvgIpc) is 2.88. The monoisotopic (exact) mass is 612 g/mol. The van der Waals surface area contributed by atoms with Crippen LogP contribution < -0.4 is 10.6 Å². The Morgan fingerprint density at radius 1 is 0.773 bits per heavy atom. The molecular weight excluding hydrogens is 564 g/mol. The molecule has 10 nitrogen and oxygen atoms in total. The molecule has 2 rings (SSSR count). The van der Waals surface area contributed by atoms with Crippen molar-refractivity contribution in [2.75, 3.05) is 0 Å². The van der Waals surface area contributed by atoms with E-state index >= 15 is 0 Å². The minimum Gasteiger partial charge on any atom is -0.508 e. The number of carbonyl (C=O) groups excluding carboxylic acids is 4. The van der Waals surface area contributed by atoms with Crippen molar-refractivity contribution < 1.29 is 38.5 Å². The van der Waals surface area contributed by atoms with Crippen molar-refractivity contribution in [3.63, 3.8) is 0 Å². The molecule has 242 valence electrons. The van der Waals surface area contributed by atoms with E-state index in [0.717, 1.165) is 5.56 Å². The Bertz CT molecular complexity index is 1290. The van der Waals surface area contributed by atoms with Gasteiger partial charge in [-0.05, 0) is 76.1 Å². The third-order valence-corrected chi connectivity index (χ3v) is 6.20. The van der Waals surface area contributed by atoms with Gasteiger partial charge in [0.2, 0.25) is 5.91 Å². The molecule has 0 aliphatic carbocycles. The molecule has 3 N–H and O–H groups in total. The number of rotatable bonds is 11. The lowest BCUT2D eigenvalue weighted by molar-refractivity contribution is -0.159. The van der Waals surface area contributed by atoms with E-state index < -0.39 is 47.2 Å². The van der Waals surface area contributed by atoms with E-state index in [4.69, 9.17) is 14.2 Å². The Balaban J connectivity index is 2.30. The summed E-state index contributed by atoms with van der Waals surface area (Å²) < 4.78 is 16.3. The van der Waals surface area contributed by atoms with Crippen LogP contribution in [-0.2, 0) is 47.0 Å². The van der Waals surface area contributed by atoms with Gasteiger partial charge in [0, 0.05) is 12.8 Å². The summed E-state index contributed by atoms with van der Waals surface area (Å²) in [4.78, 5) is 52.1. The van der Waals surface area contributed by atoms with Crippen LogP contribution in [0.25, 0.3) is 0 Å². The van der Waals surface area contributed by atoms with Gasteiger partial charge in [0.25, 0.3) is 0 Å². The SMILES string of the molecule is CC(C)(C)OC(=O)CC[C@H](NC(=O)OCc1ccccc1)C(=O)N[C@@H](Cc1ccc(O)c(C(C)(C)C)c1)C(=O)OC(C)(C)C. The quantitative estimate of drug-likeness (QED) is 0.224. The van der Waals surface area contributed by atoms with Gasteiger partial charge in [0.15, 0.2) is 0 Å². The first-order valence-corrected chi connectivity index (χ1v) is 14.8. The molecule has 0 saturated carbocycles. The smallest absolute Gasteiger partial charge is 0.408 e. The number of amides is 2. The molecule has 0 bridgehead atoms. The maximum absolute atomic E-state index is 13.6. The normalized spacial score (nSPS) is 13.3. The van der Waals surface area contributed by atoms with Gasteiger partial charge in [-0.25, -0.2) is 9.59 Å². The zero-order chi connectivity index (χ0) is 33.3. The lowest BCUT2D eigenvalue weighted by Gasteiger charge is -2.27. The van der Waals surface area contributed by atoms with Crippen LogP contribution in [0.5, 0.6) is 5.75 Å². The molecular formula is C34H48N2O8. The molecule has 2 atom stereocenters. The molecule has 0 aliphatic heterocycles. The predicted molar refractivity (Wildman–Crippen MR) is 167 cm³/mol. The van der Waals surface area contributed by atoms with E-state index in [1.54, 1.807) is 71.9 Å². The number of benzene rings is 2. The highest BCUT2D eigenvalue weighted by Crippen LogP contribution is 2.31. The van der Waals surface area contributed by atoms with E-state index in [1.165, 1.54) is 0 Å². The number of nitrogens with one attached hydrogen (secondary N) is 2. The summed E-state index contributed by atoms with van der Waals surface area (Å²) in [6, 6.07) is 11.7. The fourth-order valence-corrected chi connectivity index (χ4v) is 4.22. The summed E-state index contributed by atoms with van der Waals surface area (Å²) in [5.74, 6) is -1.79. The largest absolute Gasteiger partial charge is 0.508 e. The summed E-state index contributed by atoms with van der Waals surface area (Å²) >= 11 is 0. The molecule has 0 fully saturated rings. The van der Waals surface area contributed by atoms with Crippen LogP contribution in [0.1, 0.15) is 91.8 Å². The summed E-state index contributed by atoms with van der Waals surface area (Å²) in [5.41, 5.74) is 0.190. The van der Waals surface area contributed by atoms with Gasteiger partial charge in [0.05, 0.1) is 0 Å². The highest BCUT2D eigenvalue weighted by atomic mass is 16.6. The third-order valence-electron chi connectivity index (χ3n) is 6.20. The highest BCUT2D eigenvalue weighted by Gasteiger charge is 2.32. The predicted octanol–water partition coefficient (Wildman–Crippen LogP) is 5.48. The zero-order valence-corrected chi connectivity index (χ0v) is 27.4. The minimum absolute atomic E-state index is 0.0232. The van der Waals surface area contributed by atoms with E-state index in [-0.39, 0.29) is 37.0 Å². The van der Waals surface area contributed by atoms with Gasteiger partial charge >= 0.3 is 18.0 Å². The Kier molecular flexibility index (Phi) is 12.4. The van der Waals surface area contributed by atoms with Crippen molar-refractivity contribution in [2.24, 2.45) is 0 Å². The van der Waals surface area contributed by atoms with Crippen LogP contribution in [0.4, 0.5) is 4.79 Å². The molecule has 2 aromatic carbocycles.